The molecule has 1 saturated heterocycles. The first-order valence-electron chi connectivity index (χ1n) is 13.7. The Labute approximate surface area is 260 Å². The summed E-state index contributed by atoms with van der Waals surface area (Å²) in [6.07, 6.45) is 0.189. The van der Waals surface area contributed by atoms with Crippen molar-refractivity contribution in [3.05, 3.63) is 95.0 Å². The van der Waals surface area contributed by atoms with Gasteiger partial charge < -0.3 is 20.3 Å². The van der Waals surface area contributed by atoms with Crippen molar-refractivity contribution in [2.24, 2.45) is 0 Å². The van der Waals surface area contributed by atoms with E-state index in [1.807, 2.05) is 6.07 Å². The average molecular weight is 644 g/mol. The minimum Gasteiger partial charge on any atom is -0.476 e. The molecule has 2 fully saturated rings. The smallest absolute Gasteiger partial charge is 0.252 e. The highest BCUT2D eigenvalue weighted by atomic mass is 35.5. The summed E-state index contributed by atoms with van der Waals surface area (Å²) in [5.41, 5.74) is 0.104. The fourth-order valence-electron chi connectivity index (χ4n) is 5.14. The minimum absolute atomic E-state index is 0.0136. The zero-order chi connectivity index (χ0) is 32.3. The average Bonchev–Trinajstić information content (AvgIpc) is 2.98. The van der Waals surface area contributed by atoms with Crippen LogP contribution in [-0.4, -0.2) is 59.6 Å². The van der Waals surface area contributed by atoms with Crippen LogP contribution in [0.4, 0.5) is 29.2 Å². The Hall–Kier alpha value is -4.74. The van der Waals surface area contributed by atoms with E-state index in [1.54, 1.807) is 12.1 Å². The molecule has 1 aliphatic carbocycles. The van der Waals surface area contributed by atoms with Crippen LogP contribution in [0.25, 0.3) is 0 Å². The van der Waals surface area contributed by atoms with Crippen molar-refractivity contribution in [1.82, 2.24) is 20.6 Å². The van der Waals surface area contributed by atoms with Gasteiger partial charge in [0.05, 0.1) is 6.54 Å². The number of ether oxygens (including phenoxy) is 1. The molecule has 1 saturated carbocycles. The lowest BCUT2D eigenvalue weighted by molar-refractivity contribution is -0.130. The van der Waals surface area contributed by atoms with Gasteiger partial charge in [0.15, 0.2) is 6.73 Å². The maximum atomic E-state index is 14.5. The first kappa shape index (κ1) is 31.7. The van der Waals surface area contributed by atoms with Gasteiger partial charge in [0, 0.05) is 54.0 Å². The fourth-order valence-corrected chi connectivity index (χ4v) is 5.38. The largest absolute Gasteiger partial charge is 0.476 e. The summed E-state index contributed by atoms with van der Waals surface area (Å²) < 4.78 is 62.2. The number of anilines is 2. The highest BCUT2D eigenvalue weighted by molar-refractivity contribution is 6.31. The van der Waals surface area contributed by atoms with Crippen molar-refractivity contribution < 1.29 is 31.9 Å². The molecule has 234 valence electrons. The molecule has 1 aliphatic heterocycles. The van der Waals surface area contributed by atoms with E-state index in [0.29, 0.717) is 6.07 Å². The molecule has 15 heteroatoms. The molecular weight excluding hydrogens is 618 g/mol. The van der Waals surface area contributed by atoms with Crippen LogP contribution in [0.15, 0.2) is 67.1 Å². The van der Waals surface area contributed by atoms with Crippen LogP contribution >= 0.6 is 11.6 Å². The van der Waals surface area contributed by atoms with Crippen LogP contribution in [0.1, 0.15) is 30.1 Å². The maximum absolute atomic E-state index is 14.5. The zero-order valence-electron chi connectivity index (χ0n) is 23.5. The van der Waals surface area contributed by atoms with E-state index in [9.17, 15) is 32.4 Å². The zero-order valence-corrected chi connectivity index (χ0v) is 24.3. The predicted molar refractivity (Wildman–Crippen MR) is 155 cm³/mol. The van der Waals surface area contributed by atoms with Crippen molar-refractivity contribution in [1.29, 1.82) is 5.26 Å². The third-order valence-electron chi connectivity index (χ3n) is 7.30. The lowest BCUT2D eigenvalue weighted by Gasteiger charge is -2.39. The van der Waals surface area contributed by atoms with E-state index < -0.39 is 67.1 Å². The Kier molecular flexibility index (Phi) is 9.21. The lowest BCUT2D eigenvalue weighted by Crippen LogP contribution is -2.57. The molecule has 3 aromatic rings. The number of nitrogens with one attached hydrogen (secondary N) is 2. The molecule has 2 amide bonds. The Bertz CT molecular complexity index is 1640. The number of carbonyl (C=O) groups is 2. The normalized spacial score (nSPS) is 18.4. The summed E-state index contributed by atoms with van der Waals surface area (Å²) in [6.45, 7) is 3.48. The van der Waals surface area contributed by atoms with E-state index >= 15 is 0 Å². The number of carbonyl (C=O) groups excluding carboxylic acids is 2. The van der Waals surface area contributed by atoms with E-state index in [-0.39, 0.29) is 46.8 Å². The summed E-state index contributed by atoms with van der Waals surface area (Å²) in [5, 5.41) is 14.9. The molecule has 1 aromatic heterocycles. The number of nitriles is 1. The third kappa shape index (κ3) is 7.16. The van der Waals surface area contributed by atoms with Gasteiger partial charge in [0.2, 0.25) is 17.8 Å². The summed E-state index contributed by atoms with van der Waals surface area (Å²) in [6, 6.07) is 8.95. The third-order valence-corrected chi connectivity index (χ3v) is 7.65. The lowest BCUT2D eigenvalue weighted by atomic mass is 9.87. The van der Waals surface area contributed by atoms with Crippen molar-refractivity contribution in [2.75, 3.05) is 29.6 Å². The minimum atomic E-state index is -2.92. The summed E-state index contributed by atoms with van der Waals surface area (Å²) >= 11 is 6.48. The second kappa shape index (κ2) is 13.1. The molecule has 5 rings (SSSR count). The quantitative estimate of drug-likeness (QED) is 0.191. The van der Waals surface area contributed by atoms with Crippen LogP contribution in [0.5, 0.6) is 0 Å². The topological polar surface area (TPSA) is 123 Å². The Morgan fingerprint density at radius 1 is 1.24 bits per heavy atom. The molecule has 2 atom stereocenters. The molecule has 0 spiro atoms. The second-order valence-corrected chi connectivity index (χ2v) is 10.9. The van der Waals surface area contributed by atoms with Crippen molar-refractivity contribution in [2.45, 2.75) is 36.9 Å². The molecular formula is C30H26ClF4N7O3. The number of hydrogen-bond donors (Lipinski definition) is 2. The van der Waals surface area contributed by atoms with Crippen molar-refractivity contribution in [3.63, 3.8) is 0 Å². The van der Waals surface area contributed by atoms with Gasteiger partial charge in [-0.25, -0.2) is 27.5 Å². The van der Waals surface area contributed by atoms with Crippen LogP contribution in [0, 0.1) is 23.0 Å². The first-order valence-corrected chi connectivity index (χ1v) is 14.1. The maximum Gasteiger partial charge on any atom is 0.252 e. The molecule has 2 heterocycles. The number of alkyl halides is 2. The van der Waals surface area contributed by atoms with Gasteiger partial charge in [0.1, 0.15) is 41.2 Å². The standard InChI is InChI=1S/C30H26ClF4N7O3/c1-17(25-14-37-15-26(43)42(25)29-38-7-6-20(13-36)40-29)45-16-41(22-9-18(32)8-19(33)10-22)27(23-4-2-3-5-24(23)31)28(44)39-21-11-30(34,35)12-21/h2-10,21,25,27,37H,1,11-12,14-16H2,(H,39,44). The number of rotatable bonds is 10. The van der Waals surface area contributed by atoms with E-state index in [1.165, 1.54) is 34.2 Å². The van der Waals surface area contributed by atoms with E-state index in [4.69, 9.17) is 16.3 Å². The summed E-state index contributed by atoms with van der Waals surface area (Å²) in [7, 11) is 0. The summed E-state index contributed by atoms with van der Waals surface area (Å²) in [4.78, 5) is 37.3. The number of amides is 2. The molecule has 10 nitrogen and oxygen atoms in total. The van der Waals surface area contributed by atoms with Crippen molar-refractivity contribution in [3.8, 4) is 6.07 Å². The molecule has 2 unspecified atom stereocenters. The molecule has 2 aromatic carbocycles. The highest BCUT2D eigenvalue weighted by Crippen LogP contribution is 2.39. The van der Waals surface area contributed by atoms with Crippen LogP contribution in [-0.2, 0) is 14.3 Å². The predicted octanol–water partition coefficient (Wildman–Crippen LogP) is 4.23. The Morgan fingerprint density at radius 3 is 2.62 bits per heavy atom. The Balaban J connectivity index is 1.48. The molecule has 0 radical (unpaired) electrons. The fraction of sp³-hybridized carbons (Fsp3) is 0.300. The van der Waals surface area contributed by atoms with Gasteiger partial charge in [-0.1, -0.05) is 36.4 Å². The number of piperazine rings is 1. The van der Waals surface area contributed by atoms with E-state index in [0.717, 1.165) is 12.1 Å². The van der Waals surface area contributed by atoms with Gasteiger partial charge >= 0.3 is 0 Å². The van der Waals surface area contributed by atoms with Crippen LogP contribution in [0.2, 0.25) is 5.02 Å². The second-order valence-electron chi connectivity index (χ2n) is 10.5. The number of benzene rings is 2. The SMILES string of the molecule is C=C(OCN(c1cc(F)cc(F)c1)C(C(=O)NC1CC(F)(F)C1)c1ccccc1Cl)C1CNCC(=O)N1c1nccc(C#N)n1. The van der Waals surface area contributed by atoms with Gasteiger partial charge in [0.25, 0.3) is 5.92 Å². The highest BCUT2D eigenvalue weighted by Gasteiger charge is 2.47. The molecule has 0 bridgehead atoms. The van der Waals surface area contributed by atoms with Crippen molar-refractivity contribution >= 4 is 35.1 Å². The number of halogens is 5. The van der Waals surface area contributed by atoms with Crippen LogP contribution < -0.4 is 20.4 Å². The van der Waals surface area contributed by atoms with Gasteiger partial charge in [-0.15, -0.1) is 0 Å². The molecule has 45 heavy (non-hydrogen) atoms. The van der Waals surface area contributed by atoms with Crippen LogP contribution in [0.3, 0.4) is 0 Å². The monoisotopic (exact) mass is 643 g/mol. The summed E-state index contributed by atoms with van der Waals surface area (Å²) in [5.74, 6) is -6.11. The van der Waals surface area contributed by atoms with Gasteiger partial charge in [-0.2, -0.15) is 5.26 Å². The Morgan fingerprint density at radius 2 is 1.96 bits per heavy atom. The number of nitrogens with zero attached hydrogens (tertiary/aromatic N) is 5. The molecule has 2 aliphatic rings. The number of hydrogen-bond acceptors (Lipinski definition) is 8. The van der Waals surface area contributed by atoms with Gasteiger partial charge in [-0.05, 0) is 24.3 Å². The molecule has 2 N–H and O–H groups in total. The number of aromatic nitrogens is 2. The first-order chi connectivity index (χ1) is 21.5. The van der Waals surface area contributed by atoms with Gasteiger partial charge in [-0.3, -0.25) is 14.5 Å². The van der Waals surface area contributed by atoms with E-state index in [2.05, 4.69) is 27.2 Å².